The van der Waals surface area contributed by atoms with Crippen LogP contribution < -0.4 is 5.73 Å². The van der Waals surface area contributed by atoms with E-state index in [0.717, 1.165) is 0 Å². The van der Waals surface area contributed by atoms with E-state index in [2.05, 4.69) is 5.92 Å². The molecule has 3 atom stereocenters. The molecule has 2 aliphatic rings. The number of thioether (sulfide) groups is 2. The summed E-state index contributed by atoms with van der Waals surface area (Å²) in [7, 11) is 0. The van der Waals surface area contributed by atoms with E-state index in [1.807, 2.05) is 0 Å². The Morgan fingerprint density at radius 3 is 2.69 bits per heavy atom. The molecule has 142 valence electrons. The minimum atomic E-state index is -1.18. The van der Waals surface area contributed by atoms with Crippen molar-refractivity contribution in [2.45, 2.75) is 44.6 Å². The van der Waals surface area contributed by atoms with E-state index in [4.69, 9.17) is 26.4 Å². The van der Waals surface area contributed by atoms with Crippen molar-refractivity contribution in [2.24, 2.45) is 5.73 Å². The van der Waals surface area contributed by atoms with Crippen LogP contribution in [0, 0.1) is 12.3 Å². The molecule has 2 aliphatic heterocycles. The van der Waals surface area contributed by atoms with E-state index in [1.54, 1.807) is 13.8 Å². The predicted octanol–water partition coefficient (Wildman–Crippen LogP) is 1.26. The SMILES string of the molecule is C#CCSC1=C(C(=O)OC(C)OC(=O)OC(C)C)N2C(=O)[C@@H](N)[C@H]2SC1. The van der Waals surface area contributed by atoms with Crippen LogP contribution in [-0.2, 0) is 23.8 Å². The maximum atomic E-state index is 12.6. The minimum absolute atomic E-state index is 0.105. The van der Waals surface area contributed by atoms with Gasteiger partial charge in [-0.3, -0.25) is 9.69 Å². The molecule has 2 rings (SSSR count). The topological polar surface area (TPSA) is 108 Å². The molecule has 1 fully saturated rings. The van der Waals surface area contributed by atoms with E-state index in [1.165, 1.54) is 35.3 Å². The summed E-state index contributed by atoms with van der Waals surface area (Å²) in [5.74, 6) is 2.17. The number of terminal acetylenes is 1. The lowest BCUT2D eigenvalue weighted by molar-refractivity contribution is -0.169. The fraction of sp³-hybridized carbons (Fsp3) is 0.562. The third kappa shape index (κ3) is 4.47. The van der Waals surface area contributed by atoms with Crippen LogP contribution in [0.2, 0.25) is 0 Å². The largest absolute Gasteiger partial charge is 0.511 e. The van der Waals surface area contributed by atoms with Crippen LogP contribution in [0.3, 0.4) is 0 Å². The highest BCUT2D eigenvalue weighted by Gasteiger charge is 2.52. The first-order chi connectivity index (χ1) is 12.3. The molecule has 8 nitrogen and oxygen atoms in total. The van der Waals surface area contributed by atoms with Gasteiger partial charge in [0.25, 0.3) is 0 Å². The normalized spacial score (nSPS) is 22.9. The molecular formula is C16H20N2O6S2. The first-order valence-corrected chi connectivity index (χ1v) is 9.87. The van der Waals surface area contributed by atoms with Gasteiger partial charge < -0.3 is 19.9 Å². The lowest BCUT2D eigenvalue weighted by Gasteiger charge is -2.48. The molecule has 1 unspecified atom stereocenters. The van der Waals surface area contributed by atoms with Crippen LogP contribution in [0.25, 0.3) is 0 Å². The second-order valence-corrected chi connectivity index (χ2v) is 7.88. The number of fused-ring (bicyclic) bond motifs is 1. The van der Waals surface area contributed by atoms with Crippen molar-refractivity contribution in [3.8, 4) is 12.3 Å². The van der Waals surface area contributed by atoms with Gasteiger partial charge in [0, 0.05) is 17.6 Å². The Labute approximate surface area is 160 Å². The Kier molecular flexibility index (Phi) is 6.86. The van der Waals surface area contributed by atoms with Gasteiger partial charge in [-0.2, -0.15) is 0 Å². The standard InChI is InChI=1S/C16H20N2O6S2/c1-5-6-25-10-7-26-14-11(17)13(19)18(14)12(10)15(20)23-9(4)24-16(21)22-8(2)3/h1,8-9,11,14H,6-7,17H2,2-4H3/t9?,11-,14-/m1/s1. The fourth-order valence-corrected chi connectivity index (χ4v) is 4.56. The van der Waals surface area contributed by atoms with Crippen molar-refractivity contribution < 1.29 is 28.6 Å². The number of hydrogen-bond acceptors (Lipinski definition) is 9. The van der Waals surface area contributed by atoms with Crippen LogP contribution in [0.4, 0.5) is 4.79 Å². The average Bonchev–Trinajstić information content (AvgIpc) is 2.57. The second kappa shape index (κ2) is 8.70. The molecule has 0 aromatic carbocycles. The van der Waals surface area contributed by atoms with Crippen molar-refractivity contribution in [3.63, 3.8) is 0 Å². The number of nitrogens with two attached hydrogens (primary N) is 1. The molecule has 2 heterocycles. The summed E-state index contributed by atoms with van der Waals surface area (Å²) in [6.07, 6.45) is 2.78. The zero-order valence-corrected chi connectivity index (χ0v) is 16.2. The Balaban J connectivity index is 2.11. The third-order valence-corrected chi connectivity index (χ3v) is 5.85. The molecule has 0 radical (unpaired) electrons. The molecule has 10 heteroatoms. The summed E-state index contributed by atoms with van der Waals surface area (Å²) in [6.45, 7) is 4.71. The summed E-state index contributed by atoms with van der Waals surface area (Å²) in [4.78, 5) is 38.2. The van der Waals surface area contributed by atoms with Crippen molar-refractivity contribution in [2.75, 3.05) is 11.5 Å². The first-order valence-electron chi connectivity index (χ1n) is 7.84. The van der Waals surface area contributed by atoms with Crippen molar-refractivity contribution in [1.29, 1.82) is 0 Å². The highest BCUT2D eigenvalue weighted by Crippen LogP contribution is 2.43. The van der Waals surface area contributed by atoms with Gasteiger partial charge in [-0.1, -0.05) is 5.92 Å². The van der Waals surface area contributed by atoms with Crippen LogP contribution in [0.5, 0.6) is 0 Å². The van der Waals surface area contributed by atoms with Gasteiger partial charge in [0.05, 0.1) is 11.9 Å². The highest BCUT2D eigenvalue weighted by molar-refractivity contribution is 8.06. The summed E-state index contributed by atoms with van der Waals surface area (Å²) in [5.41, 5.74) is 5.89. The van der Waals surface area contributed by atoms with E-state index in [-0.39, 0.29) is 23.1 Å². The Morgan fingerprint density at radius 2 is 2.08 bits per heavy atom. The number of hydrogen-bond donors (Lipinski definition) is 1. The lowest BCUT2D eigenvalue weighted by atomic mass is 10.1. The molecule has 2 N–H and O–H groups in total. The second-order valence-electron chi connectivity index (χ2n) is 5.71. The Bertz CT molecular complexity index is 672. The predicted molar refractivity (Wildman–Crippen MR) is 97.6 cm³/mol. The molecule has 0 aromatic heterocycles. The number of carbonyl (C=O) groups is 3. The highest BCUT2D eigenvalue weighted by atomic mass is 32.2. The number of β-lactam (4-membered cyclic amide) rings is 1. The first kappa shape index (κ1) is 20.5. The molecule has 0 spiro atoms. The van der Waals surface area contributed by atoms with Crippen LogP contribution >= 0.6 is 23.5 Å². The minimum Gasteiger partial charge on any atom is -0.431 e. The van der Waals surface area contributed by atoms with Crippen LogP contribution in [0.15, 0.2) is 10.6 Å². The number of nitrogens with zero attached hydrogens (tertiary/aromatic N) is 1. The molecular weight excluding hydrogens is 380 g/mol. The van der Waals surface area contributed by atoms with Gasteiger partial charge in [-0.25, -0.2) is 9.59 Å². The molecule has 26 heavy (non-hydrogen) atoms. The van der Waals surface area contributed by atoms with Crippen molar-refractivity contribution in [3.05, 3.63) is 10.6 Å². The molecule has 0 aromatic rings. The number of amides is 1. The third-order valence-electron chi connectivity index (χ3n) is 3.36. The maximum absolute atomic E-state index is 12.6. The molecule has 0 bridgehead atoms. The zero-order valence-electron chi connectivity index (χ0n) is 14.6. The number of carbonyl (C=O) groups excluding carboxylic acids is 3. The van der Waals surface area contributed by atoms with Crippen molar-refractivity contribution >= 4 is 41.6 Å². The molecule has 0 saturated carbocycles. The molecule has 1 amide bonds. The van der Waals surface area contributed by atoms with Gasteiger partial charge in [-0.15, -0.1) is 29.9 Å². The molecule has 1 saturated heterocycles. The van der Waals surface area contributed by atoms with Gasteiger partial charge in [0.2, 0.25) is 12.2 Å². The van der Waals surface area contributed by atoms with E-state index in [9.17, 15) is 14.4 Å². The quantitative estimate of drug-likeness (QED) is 0.305. The van der Waals surface area contributed by atoms with Gasteiger partial charge in [0.15, 0.2) is 0 Å². The summed E-state index contributed by atoms with van der Waals surface area (Å²) in [6, 6.07) is -0.656. The van der Waals surface area contributed by atoms with Gasteiger partial charge >= 0.3 is 12.1 Å². The summed E-state index contributed by atoms with van der Waals surface area (Å²) >= 11 is 2.74. The summed E-state index contributed by atoms with van der Waals surface area (Å²) < 4.78 is 14.9. The van der Waals surface area contributed by atoms with Crippen LogP contribution in [-0.4, -0.2) is 58.2 Å². The monoisotopic (exact) mass is 400 g/mol. The van der Waals surface area contributed by atoms with E-state index >= 15 is 0 Å². The fourth-order valence-electron chi connectivity index (χ4n) is 2.30. The lowest BCUT2D eigenvalue weighted by Crippen LogP contribution is -2.68. The zero-order chi connectivity index (χ0) is 19.4. The number of rotatable bonds is 6. The van der Waals surface area contributed by atoms with Crippen LogP contribution in [0.1, 0.15) is 20.8 Å². The van der Waals surface area contributed by atoms with Gasteiger partial charge in [-0.05, 0) is 13.8 Å². The number of esters is 1. The Hall–Kier alpha value is -1.83. The average molecular weight is 400 g/mol. The van der Waals surface area contributed by atoms with Crippen molar-refractivity contribution in [1.82, 2.24) is 4.90 Å². The van der Waals surface area contributed by atoms with Gasteiger partial charge in [0.1, 0.15) is 17.1 Å². The Morgan fingerprint density at radius 1 is 1.38 bits per heavy atom. The van der Waals surface area contributed by atoms with E-state index in [0.29, 0.717) is 16.4 Å². The maximum Gasteiger partial charge on any atom is 0.511 e. The van der Waals surface area contributed by atoms with E-state index < -0.39 is 24.5 Å². The number of ether oxygens (including phenoxy) is 3. The molecule has 0 aliphatic carbocycles. The summed E-state index contributed by atoms with van der Waals surface area (Å²) in [5, 5.41) is -0.317. The smallest absolute Gasteiger partial charge is 0.431 e.